The van der Waals surface area contributed by atoms with Gasteiger partial charge in [-0.2, -0.15) is 4.31 Å². The van der Waals surface area contributed by atoms with Crippen LogP contribution in [0, 0.1) is 6.92 Å². The molecule has 5 nitrogen and oxygen atoms in total. The van der Waals surface area contributed by atoms with Gasteiger partial charge in [-0.05, 0) is 19.1 Å². The Morgan fingerprint density at radius 3 is 3.00 bits per heavy atom. The van der Waals surface area contributed by atoms with Crippen molar-refractivity contribution in [3.8, 4) is 0 Å². The van der Waals surface area contributed by atoms with Crippen LogP contribution in [-0.2, 0) is 23.0 Å². The third-order valence-electron chi connectivity index (χ3n) is 3.05. The predicted molar refractivity (Wildman–Crippen MR) is 68.9 cm³/mol. The lowest BCUT2D eigenvalue weighted by Crippen LogP contribution is -2.35. The van der Waals surface area contributed by atoms with Crippen molar-refractivity contribution in [2.24, 2.45) is 0 Å². The Balaban J connectivity index is 1.92. The molecule has 1 aliphatic rings. The number of hydrogen-bond donors (Lipinski definition) is 1. The molecule has 0 unspecified atom stereocenters. The largest absolute Gasteiger partial charge is 0.347 e. The number of aromatic amines is 1. The second-order valence-electron chi connectivity index (χ2n) is 4.28. The number of H-pyrrole nitrogens is 1. The summed E-state index contributed by atoms with van der Waals surface area (Å²) in [6.45, 7) is 2.79. The zero-order valence-corrected chi connectivity index (χ0v) is 11.5. The van der Waals surface area contributed by atoms with Crippen molar-refractivity contribution in [1.29, 1.82) is 0 Å². The molecule has 2 aromatic rings. The Bertz CT molecular complexity index is 672. The summed E-state index contributed by atoms with van der Waals surface area (Å²) in [4.78, 5) is 8.19. The number of sulfonamides is 1. The van der Waals surface area contributed by atoms with Gasteiger partial charge in [0.25, 0.3) is 10.0 Å². The van der Waals surface area contributed by atoms with E-state index in [0.717, 1.165) is 16.3 Å². The second kappa shape index (κ2) is 4.18. The maximum Gasteiger partial charge on any atom is 0.252 e. The van der Waals surface area contributed by atoms with Crippen molar-refractivity contribution < 1.29 is 8.42 Å². The van der Waals surface area contributed by atoms with Gasteiger partial charge in [0.05, 0.1) is 24.3 Å². The average molecular weight is 283 g/mol. The topological polar surface area (TPSA) is 66.1 Å². The van der Waals surface area contributed by atoms with Gasteiger partial charge >= 0.3 is 0 Å². The number of aryl methyl sites for hydroxylation is 1. The van der Waals surface area contributed by atoms with E-state index in [0.29, 0.717) is 23.7 Å². The van der Waals surface area contributed by atoms with Crippen molar-refractivity contribution in [3.05, 3.63) is 34.7 Å². The monoisotopic (exact) mass is 283 g/mol. The van der Waals surface area contributed by atoms with Crippen LogP contribution in [0.2, 0.25) is 0 Å². The van der Waals surface area contributed by atoms with Gasteiger partial charge in [0.15, 0.2) is 0 Å². The molecular weight excluding hydrogens is 270 g/mol. The average Bonchev–Trinajstić information content (AvgIpc) is 2.96. The molecule has 3 heterocycles. The third-order valence-corrected chi connectivity index (χ3v) is 6.36. The first kappa shape index (κ1) is 11.9. The molecule has 0 aromatic carbocycles. The smallest absolute Gasteiger partial charge is 0.252 e. The van der Waals surface area contributed by atoms with Crippen LogP contribution in [0.4, 0.5) is 0 Å². The Hall–Kier alpha value is -1.18. The van der Waals surface area contributed by atoms with E-state index in [1.165, 1.54) is 15.6 Å². The minimum atomic E-state index is -3.36. The van der Waals surface area contributed by atoms with Crippen molar-refractivity contribution in [2.45, 2.75) is 24.1 Å². The van der Waals surface area contributed by atoms with Crippen LogP contribution >= 0.6 is 11.3 Å². The van der Waals surface area contributed by atoms with Gasteiger partial charge in [-0.3, -0.25) is 0 Å². The van der Waals surface area contributed by atoms with Gasteiger partial charge < -0.3 is 4.98 Å². The lowest BCUT2D eigenvalue weighted by molar-refractivity contribution is 0.386. The number of rotatable bonds is 2. The van der Waals surface area contributed by atoms with Crippen LogP contribution in [0.3, 0.4) is 0 Å². The van der Waals surface area contributed by atoms with Crippen LogP contribution in [0.1, 0.15) is 16.3 Å². The molecule has 0 spiro atoms. The van der Waals surface area contributed by atoms with E-state index < -0.39 is 10.0 Å². The van der Waals surface area contributed by atoms with Crippen molar-refractivity contribution in [3.63, 3.8) is 0 Å². The van der Waals surface area contributed by atoms with Crippen molar-refractivity contribution in [2.75, 3.05) is 6.54 Å². The van der Waals surface area contributed by atoms with E-state index in [4.69, 9.17) is 0 Å². The summed E-state index contributed by atoms with van der Waals surface area (Å²) in [5.74, 6) is 0. The van der Waals surface area contributed by atoms with Gasteiger partial charge in [0, 0.05) is 17.8 Å². The Labute approximate surface area is 110 Å². The number of aromatic nitrogens is 2. The molecule has 18 heavy (non-hydrogen) atoms. The zero-order valence-electron chi connectivity index (χ0n) is 9.88. The summed E-state index contributed by atoms with van der Waals surface area (Å²) in [5, 5.41) is 0. The van der Waals surface area contributed by atoms with Crippen LogP contribution in [0.25, 0.3) is 0 Å². The highest BCUT2D eigenvalue weighted by Gasteiger charge is 2.30. The first-order valence-electron chi connectivity index (χ1n) is 5.65. The van der Waals surface area contributed by atoms with Crippen LogP contribution < -0.4 is 0 Å². The molecule has 2 aromatic heterocycles. The lowest BCUT2D eigenvalue weighted by atomic mass is 10.2. The molecule has 0 aliphatic carbocycles. The minimum absolute atomic E-state index is 0.384. The number of hydrogen-bond acceptors (Lipinski definition) is 4. The Morgan fingerprint density at radius 2 is 2.28 bits per heavy atom. The van der Waals surface area contributed by atoms with Gasteiger partial charge in [-0.1, -0.05) is 0 Å². The summed E-state index contributed by atoms with van der Waals surface area (Å²) in [6, 6.07) is 3.51. The molecule has 3 rings (SSSR count). The summed E-state index contributed by atoms with van der Waals surface area (Å²) in [7, 11) is -3.36. The highest BCUT2D eigenvalue weighted by molar-refractivity contribution is 7.91. The fourth-order valence-corrected chi connectivity index (χ4v) is 4.92. The van der Waals surface area contributed by atoms with Crippen molar-refractivity contribution in [1.82, 2.24) is 14.3 Å². The quantitative estimate of drug-likeness (QED) is 0.909. The normalized spacial score (nSPS) is 16.7. The molecule has 7 heteroatoms. The summed E-state index contributed by atoms with van der Waals surface area (Å²) < 4.78 is 26.8. The first-order chi connectivity index (χ1) is 8.57. The fraction of sp³-hybridized carbons (Fsp3) is 0.364. The summed E-state index contributed by atoms with van der Waals surface area (Å²) in [6.07, 6.45) is 2.29. The highest BCUT2D eigenvalue weighted by Crippen LogP contribution is 2.27. The van der Waals surface area contributed by atoms with E-state index in [2.05, 4.69) is 9.97 Å². The molecule has 96 valence electrons. The Morgan fingerprint density at radius 1 is 1.44 bits per heavy atom. The lowest BCUT2D eigenvalue weighted by Gasteiger charge is -2.24. The molecule has 0 amide bonds. The fourth-order valence-electron chi connectivity index (χ4n) is 2.07. The van der Waals surface area contributed by atoms with Gasteiger partial charge in [-0.25, -0.2) is 13.4 Å². The molecule has 0 radical (unpaired) electrons. The Kier molecular flexibility index (Phi) is 2.76. The van der Waals surface area contributed by atoms with Crippen LogP contribution in [0.5, 0.6) is 0 Å². The molecule has 1 N–H and O–H groups in total. The minimum Gasteiger partial charge on any atom is -0.347 e. The first-order valence-corrected chi connectivity index (χ1v) is 7.91. The number of nitrogens with one attached hydrogen (secondary N) is 1. The van der Waals surface area contributed by atoms with Gasteiger partial charge in [-0.15, -0.1) is 11.3 Å². The van der Waals surface area contributed by atoms with Crippen LogP contribution in [0.15, 0.2) is 22.7 Å². The third kappa shape index (κ3) is 1.88. The van der Waals surface area contributed by atoms with Gasteiger partial charge in [0.1, 0.15) is 4.21 Å². The molecule has 0 atom stereocenters. The highest BCUT2D eigenvalue weighted by atomic mass is 32.2. The maximum atomic E-state index is 12.4. The second-order valence-corrected chi connectivity index (χ2v) is 7.73. The number of imidazole rings is 1. The van der Waals surface area contributed by atoms with E-state index in [9.17, 15) is 8.42 Å². The number of nitrogens with zero attached hydrogens (tertiary/aromatic N) is 2. The number of thiophene rings is 1. The zero-order chi connectivity index (χ0) is 12.8. The van der Waals surface area contributed by atoms with Gasteiger partial charge in [0.2, 0.25) is 0 Å². The predicted octanol–water partition coefficient (Wildman–Crippen LogP) is 1.53. The summed E-state index contributed by atoms with van der Waals surface area (Å²) >= 11 is 1.32. The molecule has 1 aliphatic heterocycles. The van der Waals surface area contributed by atoms with E-state index in [1.54, 1.807) is 12.4 Å². The molecule has 0 saturated carbocycles. The van der Waals surface area contributed by atoms with E-state index in [1.807, 2.05) is 13.0 Å². The van der Waals surface area contributed by atoms with Crippen LogP contribution in [-0.4, -0.2) is 29.2 Å². The maximum absolute atomic E-state index is 12.4. The van der Waals surface area contributed by atoms with E-state index in [-0.39, 0.29) is 0 Å². The number of fused-ring (bicyclic) bond motifs is 1. The SMILES string of the molecule is Cc1ccc(S(=O)(=O)N2CCc3nc[nH]c3C2)s1. The summed E-state index contributed by atoms with van der Waals surface area (Å²) in [5.41, 5.74) is 1.88. The molecule has 0 fully saturated rings. The van der Waals surface area contributed by atoms with E-state index >= 15 is 0 Å². The molecule has 0 saturated heterocycles. The molecular formula is C11H13N3O2S2. The standard InChI is InChI=1S/C11H13N3O2S2/c1-8-2-3-11(17-8)18(15,16)14-5-4-9-10(6-14)13-7-12-9/h2-3,7H,4-6H2,1H3,(H,12,13). The van der Waals surface area contributed by atoms with Crippen molar-refractivity contribution >= 4 is 21.4 Å². The molecule has 0 bridgehead atoms.